The zero-order chi connectivity index (χ0) is 21.1. The van der Waals surface area contributed by atoms with Gasteiger partial charge in [0.05, 0.1) is 44.4 Å². The predicted molar refractivity (Wildman–Crippen MR) is 114 cm³/mol. The summed E-state index contributed by atoms with van der Waals surface area (Å²) in [5.41, 5.74) is 0.596. The number of nitrogens with zero attached hydrogens (tertiary/aromatic N) is 4. The third-order valence-electron chi connectivity index (χ3n) is 5.91. The van der Waals surface area contributed by atoms with Gasteiger partial charge in [-0.1, -0.05) is 30.3 Å². The molecule has 0 amide bonds. The quantitative estimate of drug-likeness (QED) is 0.641. The molecule has 154 valence electrons. The summed E-state index contributed by atoms with van der Waals surface area (Å²) in [5.74, 6) is 2.42. The second-order valence-electron chi connectivity index (χ2n) is 7.32. The van der Waals surface area contributed by atoms with E-state index in [0.29, 0.717) is 30.3 Å². The van der Waals surface area contributed by atoms with E-state index in [1.165, 1.54) is 0 Å². The maximum Gasteiger partial charge on any atom is 0.204 e. The Labute approximate surface area is 175 Å². The van der Waals surface area contributed by atoms with E-state index in [9.17, 15) is 5.26 Å². The first-order valence-corrected chi connectivity index (χ1v) is 9.83. The van der Waals surface area contributed by atoms with Crippen molar-refractivity contribution in [2.24, 2.45) is 0 Å². The SMILES string of the molecule is COc1cc2c(N3CCC(C#N)(c4ccccc4)CC3)nncc2c(OC)c1OC. The van der Waals surface area contributed by atoms with E-state index in [4.69, 9.17) is 14.2 Å². The molecule has 0 N–H and O–H groups in total. The van der Waals surface area contributed by atoms with E-state index < -0.39 is 5.41 Å². The molecule has 0 saturated carbocycles. The topological polar surface area (TPSA) is 80.5 Å². The third-order valence-corrected chi connectivity index (χ3v) is 5.91. The first kappa shape index (κ1) is 19.8. The fourth-order valence-corrected chi connectivity index (χ4v) is 4.24. The number of aromatic nitrogens is 2. The number of anilines is 1. The maximum atomic E-state index is 9.97. The van der Waals surface area contributed by atoms with E-state index in [1.54, 1.807) is 27.5 Å². The van der Waals surface area contributed by atoms with E-state index >= 15 is 0 Å². The summed E-state index contributed by atoms with van der Waals surface area (Å²) in [4.78, 5) is 2.18. The summed E-state index contributed by atoms with van der Waals surface area (Å²) in [6.45, 7) is 1.40. The molecule has 1 aliphatic heterocycles. The van der Waals surface area contributed by atoms with Crippen molar-refractivity contribution in [1.82, 2.24) is 10.2 Å². The minimum atomic E-state index is -0.478. The molecule has 1 fully saturated rings. The Morgan fingerprint density at radius 1 is 0.967 bits per heavy atom. The number of benzene rings is 2. The molecule has 1 aromatic heterocycles. The molecule has 7 heteroatoms. The Balaban J connectivity index is 1.72. The van der Waals surface area contributed by atoms with E-state index in [1.807, 2.05) is 36.4 Å². The van der Waals surface area contributed by atoms with Crippen molar-refractivity contribution in [2.75, 3.05) is 39.3 Å². The van der Waals surface area contributed by atoms with Crippen LogP contribution in [0.3, 0.4) is 0 Å². The van der Waals surface area contributed by atoms with Crippen molar-refractivity contribution < 1.29 is 14.2 Å². The van der Waals surface area contributed by atoms with Gasteiger partial charge < -0.3 is 19.1 Å². The number of fused-ring (bicyclic) bond motifs is 1. The molecule has 0 aliphatic carbocycles. The molecule has 2 heterocycles. The van der Waals surface area contributed by atoms with Gasteiger partial charge in [0.15, 0.2) is 17.3 Å². The van der Waals surface area contributed by atoms with Crippen LogP contribution in [-0.4, -0.2) is 44.6 Å². The van der Waals surface area contributed by atoms with Crippen LogP contribution in [0.4, 0.5) is 5.82 Å². The molecule has 3 aromatic rings. The first-order valence-electron chi connectivity index (χ1n) is 9.83. The standard InChI is InChI=1S/C23H24N4O3/c1-28-19-13-17-18(20(29-2)21(19)30-3)14-25-26-22(17)27-11-9-23(15-24,10-12-27)16-7-5-4-6-8-16/h4-8,13-14H,9-12H2,1-3H3. The molecular weight excluding hydrogens is 380 g/mol. The lowest BCUT2D eigenvalue weighted by atomic mass is 9.74. The molecule has 0 atom stereocenters. The molecule has 0 radical (unpaired) electrons. The molecule has 30 heavy (non-hydrogen) atoms. The summed E-state index contributed by atoms with van der Waals surface area (Å²) >= 11 is 0. The van der Waals surface area contributed by atoms with Gasteiger partial charge in [0, 0.05) is 18.5 Å². The molecule has 7 nitrogen and oxygen atoms in total. The zero-order valence-electron chi connectivity index (χ0n) is 17.4. The molecule has 1 saturated heterocycles. The van der Waals surface area contributed by atoms with Crippen LogP contribution in [0, 0.1) is 11.3 Å². The maximum absolute atomic E-state index is 9.97. The molecule has 0 spiro atoms. The summed E-state index contributed by atoms with van der Waals surface area (Å²) < 4.78 is 16.6. The summed E-state index contributed by atoms with van der Waals surface area (Å²) in [6.07, 6.45) is 3.11. The Kier molecular flexibility index (Phi) is 5.32. The van der Waals surface area contributed by atoms with Crippen LogP contribution in [0.25, 0.3) is 10.8 Å². The second-order valence-corrected chi connectivity index (χ2v) is 7.32. The minimum absolute atomic E-state index is 0.478. The average molecular weight is 404 g/mol. The zero-order valence-corrected chi connectivity index (χ0v) is 17.4. The van der Waals surface area contributed by atoms with Gasteiger partial charge in [0.2, 0.25) is 5.75 Å². The fourth-order valence-electron chi connectivity index (χ4n) is 4.24. The number of rotatable bonds is 5. The number of ether oxygens (including phenoxy) is 3. The van der Waals surface area contributed by atoms with Gasteiger partial charge in [0.1, 0.15) is 0 Å². The van der Waals surface area contributed by atoms with Crippen LogP contribution < -0.4 is 19.1 Å². The van der Waals surface area contributed by atoms with E-state index in [-0.39, 0.29) is 0 Å². The predicted octanol–water partition coefficient (Wildman–Crippen LogP) is 3.72. The number of hydrogen-bond acceptors (Lipinski definition) is 7. The van der Waals surface area contributed by atoms with Crippen molar-refractivity contribution >= 4 is 16.6 Å². The monoisotopic (exact) mass is 404 g/mol. The average Bonchev–Trinajstić information content (AvgIpc) is 2.82. The highest BCUT2D eigenvalue weighted by Crippen LogP contribution is 2.45. The van der Waals surface area contributed by atoms with Crippen LogP contribution in [0.15, 0.2) is 42.6 Å². The van der Waals surface area contributed by atoms with Gasteiger partial charge in [-0.05, 0) is 24.5 Å². The van der Waals surface area contributed by atoms with Gasteiger partial charge in [0.25, 0.3) is 0 Å². The highest BCUT2D eigenvalue weighted by Gasteiger charge is 2.37. The van der Waals surface area contributed by atoms with Crippen LogP contribution in [-0.2, 0) is 5.41 Å². The number of nitriles is 1. The minimum Gasteiger partial charge on any atom is -0.493 e. The van der Waals surface area contributed by atoms with Crippen LogP contribution in [0.2, 0.25) is 0 Å². The van der Waals surface area contributed by atoms with Gasteiger partial charge in [-0.3, -0.25) is 0 Å². The molecule has 0 bridgehead atoms. The van der Waals surface area contributed by atoms with E-state index in [2.05, 4.69) is 21.2 Å². The summed E-state index contributed by atoms with van der Waals surface area (Å²) in [5, 5.41) is 20.3. The van der Waals surface area contributed by atoms with E-state index in [0.717, 1.165) is 35.0 Å². The highest BCUT2D eigenvalue weighted by atomic mass is 16.5. The molecule has 4 rings (SSSR count). The summed E-state index contributed by atoms with van der Waals surface area (Å²) in [7, 11) is 4.77. The molecule has 2 aromatic carbocycles. The number of piperidine rings is 1. The van der Waals surface area contributed by atoms with Gasteiger partial charge in [-0.15, -0.1) is 5.10 Å². The lowest BCUT2D eigenvalue weighted by Gasteiger charge is -2.38. The molecule has 0 unspecified atom stereocenters. The Bertz CT molecular complexity index is 1090. The Morgan fingerprint density at radius 3 is 2.27 bits per heavy atom. The van der Waals surface area contributed by atoms with Crippen molar-refractivity contribution in [1.29, 1.82) is 5.26 Å². The van der Waals surface area contributed by atoms with Gasteiger partial charge >= 0.3 is 0 Å². The smallest absolute Gasteiger partial charge is 0.204 e. The second kappa shape index (κ2) is 8.07. The number of methoxy groups -OCH3 is 3. The van der Waals surface area contributed by atoms with Crippen molar-refractivity contribution in [3.63, 3.8) is 0 Å². The van der Waals surface area contributed by atoms with Crippen molar-refractivity contribution in [2.45, 2.75) is 18.3 Å². The lowest BCUT2D eigenvalue weighted by Crippen LogP contribution is -2.42. The molecular formula is C23H24N4O3. The fraction of sp³-hybridized carbons (Fsp3) is 0.348. The Morgan fingerprint density at radius 2 is 1.67 bits per heavy atom. The third kappa shape index (κ3) is 3.14. The van der Waals surface area contributed by atoms with Gasteiger partial charge in [-0.2, -0.15) is 10.4 Å². The normalized spacial score (nSPS) is 15.5. The lowest BCUT2D eigenvalue weighted by molar-refractivity contribution is 0.327. The van der Waals surface area contributed by atoms with Gasteiger partial charge in [-0.25, -0.2) is 0 Å². The Hall–Kier alpha value is -3.53. The summed E-state index contributed by atoms with van der Waals surface area (Å²) in [6, 6.07) is 14.5. The van der Waals surface area contributed by atoms with Crippen LogP contribution >= 0.6 is 0 Å². The molecule has 1 aliphatic rings. The van der Waals surface area contributed by atoms with Crippen molar-refractivity contribution in [3.05, 3.63) is 48.2 Å². The number of hydrogen-bond donors (Lipinski definition) is 0. The largest absolute Gasteiger partial charge is 0.493 e. The first-order chi connectivity index (χ1) is 14.7. The van der Waals surface area contributed by atoms with Crippen LogP contribution in [0.5, 0.6) is 17.2 Å². The van der Waals surface area contributed by atoms with Crippen LogP contribution in [0.1, 0.15) is 18.4 Å². The van der Waals surface area contributed by atoms with Crippen molar-refractivity contribution in [3.8, 4) is 23.3 Å². The highest BCUT2D eigenvalue weighted by molar-refractivity contribution is 5.99.